The number of hydrogen-bond acceptors (Lipinski definition) is 3. The molecular formula is C12H13FN2O2. The van der Waals surface area contributed by atoms with E-state index in [4.69, 9.17) is 10.5 Å². The summed E-state index contributed by atoms with van der Waals surface area (Å²) < 4.78 is 18.3. The number of para-hydroxylation sites is 1. The number of rotatable bonds is 3. The molecule has 0 aliphatic heterocycles. The number of H-pyrrole nitrogens is 1. The van der Waals surface area contributed by atoms with Crippen LogP contribution in [0.4, 0.5) is 4.39 Å². The van der Waals surface area contributed by atoms with Crippen LogP contribution in [0.15, 0.2) is 24.4 Å². The minimum Gasteiger partial charge on any atom is -0.465 e. The van der Waals surface area contributed by atoms with Crippen LogP contribution < -0.4 is 5.73 Å². The number of nitrogens with two attached hydrogens (primary N) is 1. The average molecular weight is 236 g/mol. The van der Waals surface area contributed by atoms with Crippen LogP contribution in [-0.2, 0) is 9.53 Å². The Labute approximate surface area is 97.6 Å². The summed E-state index contributed by atoms with van der Waals surface area (Å²) >= 11 is 0. The number of halogens is 1. The van der Waals surface area contributed by atoms with Crippen LogP contribution in [0.5, 0.6) is 0 Å². The van der Waals surface area contributed by atoms with Crippen LogP contribution in [0.3, 0.4) is 0 Å². The fourth-order valence-electron chi connectivity index (χ4n) is 1.76. The molecule has 0 fully saturated rings. The molecule has 1 aromatic carbocycles. The summed E-state index contributed by atoms with van der Waals surface area (Å²) in [4.78, 5) is 14.3. The molecule has 0 saturated heterocycles. The van der Waals surface area contributed by atoms with Crippen molar-refractivity contribution in [3.05, 3.63) is 35.8 Å². The lowest BCUT2D eigenvalue weighted by molar-refractivity contribution is -0.144. The first-order valence-electron chi connectivity index (χ1n) is 5.33. The van der Waals surface area contributed by atoms with Gasteiger partial charge in [0.25, 0.3) is 0 Å². The van der Waals surface area contributed by atoms with E-state index in [1.807, 2.05) is 0 Å². The van der Waals surface area contributed by atoms with Gasteiger partial charge in [-0.25, -0.2) is 9.18 Å². The van der Waals surface area contributed by atoms with Crippen molar-refractivity contribution in [2.75, 3.05) is 6.61 Å². The van der Waals surface area contributed by atoms with Crippen molar-refractivity contribution in [2.45, 2.75) is 13.0 Å². The van der Waals surface area contributed by atoms with E-state index in [9.17, 15) is 9.18 Å². The molecule has 1 atom stereocenters. The molecular weight excluding hydrogens is 223 g/mol. The van der Waals surface area contributed by atoms with Crippen LogP contribution in [-0.4, -0.2) is 17.6 Å². The van der Waals surface area contributed by atoms with Gasteiger partial charge in [-0.15, -0.1) is 0 Å². The molecule has 2 rings (SSSR count). The largest absolute Gasteiger partial charge is 0.465 e. The topological polar surface area (TPSA) is 68.1 Å². The average Bonchev–Trinajstić information content (AvgIpc) is 2.73. The van der Waals surface area contributed by atoms with Crippen molar-refractivity contribution in [1.29, 1.82) is 0 Å². The minimum absolute atomic E-state index is 0.267. The fraction of sp³-hybridized carbons (Fsp3) is 0.250. The van der Waals surface area contributed by atoms with Crippen molar-refractivity contribution >= 4 is 16.9 Å². The molecule has 0 bridgehead atoms. The van der Waals surface area contributed by atoms with Crippen molar-refractivity contribution < 1.29 is 13.9 Å². The third-order valence-corrected chi connectivity index (χ3v) is 2.57. The maximum atomic E-state index is 13.4. The number of ether oxygens (including phenoxy) is 1. The Hall–Kier alpha value is -1.88. The van der Waals surface area contributed by atoms with Gasteiger partial charge in [0.2, 0.25) is 0 Å². The summed E-state index contributed by atoms with van der Waals surface area (Å²) in [5, 5.41) is 0.602. The molecule has 0 amide bonds. The third-order valence-electron chi connectivity index (χ3n) is 2.57. The van der Waals surface area contributed by atoms with Crippen molar-refractivity contribution in [1.82, 2.24) is 4.98 Å². The van der Waals surface area contributed by atoms with Crippen LogP contribution >= 0.6 is 0 Å². The number of hydrogen-bond donors (Lipinski definition) is 2. The van der Waals surface area contributed by atoms with Crippen molar-refractivity contribution in [3.8, 4) is 0 Å². The molecule has 2 aromatic rings. The van der Waals surface area contributed by atoms with E-state index in [2.05, 4.69) is 4.98 Å². The lowest BCUT2D eigenvalue weighted by Gasteiger charge is -2.09. The Bertz CT molecular complexity index is 550. The van der Waals surface area contributed by atoms with E-state index in [1.165, 1.54) is 12.3 Å². The first kappa shape index (κ1) is 11.6. The standard InChI is InChI=1S/C12H13FN2O2/c1-2-17-12(16)10(14)8-6-15-11-7(8)4-3-5-9(11)13/h3-6,10,15H,2,14H2,1H3. The quantitative estimate of drug-likeness (QED) is 0.799. The molecule has 3 N–H and O–H groups in total. The van der Waals surface area contributed by atoms with E-state index >= 15 is 0 Å². The highest BCUT2D eigenvalue weighted by Crippen LogP contribution is 2.25. The van der Waals surface area contributed by atoms with E-state index in [1.54, 1.807) is 19.1 Å². The number of nitrogens with one attached hydrogen (secondary N) is 1. The van der Waals surface area contributed by atoms with Crippen LogP contribution in [0, 0.1) is 5.82 Å². The van der Waals surface area contributed by atoms with E-state index in [-0.39, 0.29) is 12.4 Å². The second kappa shape index (κ2) is 4.55. The Balaban J connectivity index is 2.42. The highest BCUT2D eigenvalue weighted by molar-refractivity contribution is 5.89. The maximum absolute atomic E-state index is 13.4. The summed E-state index contributed by atoms with van der Waals surface area (Å²) in [7, 11) is 0. The molecule has 1 aromatic heterocycles. The Morgan fingerprint density at radius 1 is 1.59 bits per heavy atom. The monoisotopic (exact) mass is 236 g/mol. The number of aromatic nitrogens is 1. The second-order valence-electron chi connectivity index (χ2n) is 3.64. The SMILES string of the molecule is CCOC(=O)C(N)c1c[nH]c2c(F)cccc12. The van der Waals surface area contributed by atoms with Gasteiger partial charge >= 0.3 is 5.97 Å². The first-order valence-corrected chi connectivity index (χ1v) is 5.33. The first-order chi connectivity index (χ1) is 8.15. The molecule has 1 unspecified atom stereocenters. The van der Waals surface area contributed by atoms with Gasteiger partial charge in [-0.3, -0.25) is 0 Å². The van der Waals surface area contributed by atoms with Crippen LogP contribution in [0.1, 0.15) is 18.5 Å². The maximum Gasteiger partial charge on any atom is 0.327 e. The zero-order valence-electron chi connectivity index (χ0n) is 9.37. The predicted octanol–water partition coefficient (Wildman–Crippen LogP) is 1.87. The van der Waals surface area contributed by atoms with Crippen molar-refractivity contribution in [3.63, 3.8) is 0 Å². The summed E-state index contributed by atoms with van der Waals surface area (Å²) in [6.07, 6.45) is 1.54. The number of carbonyl (C=O) groups excluding carboxylic acids is 1. The predicted molar refractivity (Wildman–Crippen MR) is 61.8 cm³/mol. The van der Waals surface area contributed by atoms with Gasteiger partial charge in [0.05, 0.1) is 12.1 Å². The highest BCUT2D eigenvalue weighted by Gasteiger charge is 2.21. The zero-order chi connectivity index (χ0) is 12.4. The molecule has 5 heteroatoms. The Morgan fingerprint density at radius 3 is 3.06 bits per heavy atom. The van der Waals surface area contributed by atoms with Gasteiger partial charge in [0, 0.05) is 17.1 Å². The summed E-state index contributed by atoms with van der Waals surface area (Å²) in [5.41, 5.74) is 6.66. The summed E-state index contributed by atoms with van der Waals surface area (Å²) in [6.45, 7) is 1.97. The number of fused-ring (bicyclic) bond motifs is 1. The van der Waals surface area contributed by atoms with Crippen LogP contribution in [0.2, 0.25) is 0 Å². The molecule has 0 radical (unpaired) electrons. The number of carbonyl (C=O) groups is 1. The van der Waals surface area contributed by atoms with Gasteiger partial charge in [0.1, 0.15) is 11.9 Å². The van der Waals surface area contributed by atoms with Gasteiger partial charge in [-0.1, -0.05) is 12.1 Å². The van der Waals surface area contributed by atoms with Gasteiger partial charge in [0.15, 0.2) is 0 Å². The normalized spacial score (nSPS) is 12.6. The molecule has 1 heterocycles. The summed E-state index contributed by atoms with van der Waals surface area (Å²) in [5.74, 6) is -0.887. The highest BCUT2D eigenvalue weighted by atomic mass is 19.1. The summed E-state index contributed by atoms with van der Waals surface area (Å²) in [6, 6.07) is 3.74. The molecule has 0 aliphatic carbocycles. The molecule has 0 spiro atoms. The second-order valence-corrected chi connectivity index (χ2v) is 3.64. The number of benzene rings is 1. The molecule has 4 nitrogen and oxygen atoms in total. The van der Waals surface area contributed by atoms with E-state index in [0.29, 0.717) is 16.5 Å². The molecule has 90 valence electrons. The Kier molecular flexibility index (Phi) is 3.10. The van der Waals surface area contributed by atoms with Crippen molar-refractivity contribution in [2.24, 2.45) is 5.73 Å². The smallest absolute Gasteiger partial charge is 0.327 e. The lowest BCUT2D eigenvalue weighted by Crippen LogP contribution is -2.23. The van der Waals surface area contributed by atoms with Gasteiger partial charge < -0.3 is 15.5 Å². The molecule has 17 heavy (non-hydrogen) atoms. The molecule has 0 aliphatic rings. The Morgan fingerprint density at radius 2 is 2.35 bits per heavy atom. The van der Waals surface area contributed by atoms with Crippen LogP contribution in [0.25, 0.3) is 10.9 Å². The van der Waals surface area contributed by atoms with Gasteiger partial charge in [-0.05, 0) is 13.0 Å². The molecule has 0 saturated carbocycles. The van der Waals surface area contributed by atoms with Gasteiger partial charge in [-0.2, -0.15) is 0 Å². The fourth-order valence-corrected chi connectivity index (χ4v) is 1.76. The van der Waals surface area contributed by atoms with E-state index in [0.717, 1.165) is 0 Å². The minimum atomic E-state index is -0.898. The number of esters is 1. The zero-order valence-corrected chi connectivity index (χ0v) is 9.37. The lowest BCUT2D eigenvalue weighted by atomic mass is 10.1. The van der Waals surface area contributed by atoms with E-state index < -0.39 is 12.0 Å². The number of aromatic amines is 1. The third kappa shape index (κ3) is 2.01.